The fourth-order valence-electron chi connectivity index (χ4n) is 2.47. The van der Waals surface area contributed by atoms with Gasteiger partial charge < -0.3 is 16.0 Å². The monoisotopic (exact) mass is 355 g/mol. The molecule has 0 aliphatic rings. The second-order valence-corrected chi connectivity index (χ2v) is 5.69. The SMILES string of the molecule is CCN(CC)C(=O)CCCNC(=O)C(C)C(N)c1ccccc1.Cl. The lowest BCUT2D eigenvalue weighted by atomic mass is 9.94. The number of hydrogen-bond donors (Lipinski definition) is 2. The standard InChI is InChI=1S/C18H29N3O2.ClH/c1-4-21(5-2)16(22)12-9-13-20-18(23)14(3)17(19)15-10-7-6-8-11-15;/h6-8,10-11,14,17H,4-5,9,12-13,19H2,1-3H3,(H,20,23);1H. The van der Waals surface area contributed by atoms with Crippen molar-refractivity contribution in [1.82, 2.24) is 10.2 Å². The van der Waals surface area contributed by atoms with E-state index in [0.717, 1.165) is 18.7 Å². The molecule has 0 saturated carbocycles. The molecule has 0 spiro atoms. The van der Waals surface area contributed by atoms with Gasteiger partial charge in [0.1, 0.15) is 0 Å². The molecule has 2 unspecified atom stereocenters. The molecule has 3 N–H and O–H groups in total. The summed E-state index contributed by atoms with van der Waals surface area (Å²) in [5.41, 5.74) is 7.10. The van der Waals surface area contributed by atoms with Crippen LogP contribution in [0.3, 0.4) is 0 Å². The first-order chi connectivity index (χ1) is 11.0. The Bertz CT molecular complexity index is 492. The topological polar surface area (TPSA) is 75.4 Å². The number of nitrogens with two attached hydrogens (primary N) is 1. The number of carbonyl (C=O) groups is 2. The number of carbonyl (C=O) groups excluding carboxylic acids is 2. The Labute approximate surface area is 151 Å². The maximum Gasteiger partial charge on any atom is 0.224 e. The Balaban J connectivity index is 0.00000529. The lowest BCUT2D eigenvalue weighted by Gasteiger charge is -2.20. The first-order valence-electron chi connectivity index (χ1n) is 8.37. The van der Waals surface area contributed by atoms with Gasteiger partial charge in [-0.05, 0) is 25.8 Å². The molecular formula is C18H30ClN3O2. The third kappa shape index (κ3) is 6.89. The molecule has 0 fully saturated rings. The summed E-state index contributed by atoms with van der Waals surface area (Å²) in [6, 6.07) is 9.29. The fraction of sp³-hybridized carbons (Fsp3) is 0.556. The van der Waals surface area contributed by atoms with Crippen LogP contribution in [-0.2, 0) is 9.59 Å². The predicted octanol–water partition coefficient (Wildman–Crippen LogP) is 2.51. The average Bonchev–Trinajstić information content (AvgIpc) is 2.59. The van der Waals surface area contributed by atoms with Crippen molar-refractivity contribution in [3.05, 3.63) is 35.9 Å². The fourth-order valence-corrected chi connectivity index (χ4v) is 2.47. The second kappa shape index (κ2) is 11.9. The lowest BCUT2D eigenvalue weighted by Crippen LogP contribution is -2.36. The lowest BCUT2D eigenvalue weighted by molar-refractivity contribution is -0.131. The minimum atomic E-state index is -0.325. The van der Waals surface area contributed by atoms with E-state index in [1.807, 2.05) is 51.1 Å². The first kappa shape index (κ1) is 22.4. The molecular weight excluding hydrogens is 326 g/mol. The highest BCUT2D eigenvalue weighted by atomic mass is 35.5. The summed E-state index contributed by atoms with van der Waals surface area (Å²) >= 11 is 0. The molecule has 136 valence electrons. The second-order valence-electron chi connectivity index (χ2n) is 5.69. The van der Waals surface area contributed by atoms with E-state index in [0.29, 0.717) is 19.4 Å². The normalized spacial score (nSPS) is 12.7. The van der Waals surface area contributed by atoms with E-state index in [9.17, 15) is 9.59 Å². The van der Waals surface area contributed by atoms with Gasteiger partial charge >= 0.3 is 0 Å². The molecule has 0 aliphatic carbocycles. The molecule has 2 atom stereocenters. The third-order valence-electron chi connectivity index (χ3n) is 4.12. The van der Waals surface area contributed by atoms with Crippen molar-refractivity contribution in [2.75, 3.05) is 19.6 Å². The highest BCUT2D eigenvalue weighted by Crippen LogP contribution is 2.18. The molecule has 24 heavy (non-hydrogen) atoms. The van der Waals surface area contributed by atoms with E-state index in [1.165, 1.54) is 0 Å². The van der Waals surface area contributed by atoms with Crippen LogP contribution in [-0.4, -0.2) is 36.3 Å². The molecule has 6 heteroatoms. The molecule has 1 rings (SSSR count). The van der Waals surface area contributed by atoms with Crippen molar-refractivity contribution in [3.8, 4) is 0 Å². The van der Waals surface area contributed by atoms with Gasteiger partial charge in [-0.3, -0.25) is 9.59 Å². The van der Waals surface area contributed by atoms with Crippen LogP contribution < -0.4 is 11.1 Å². The summed E-state index contributed by atoms with van der Waals surface area (Å²) in [7, 11) is 0. The summed E-state index contributed by atoms with van der Waals surface area (Å²) in [5, 5.41) is 2.87. The van der Waals surface area contributed by atoms with Gasteiger partial charge in [0.25, 0.3) is 0 Å². The first-order valence-corrected chi connectivity index (χ1v) is 8.37. The zero-order valence-electron chi connectivity index (χ0n) is 14.8. The Hall–Kier alpha value is -1.59. The summed E-state index contributed by atoms with van der Waals surface area (Å²) in [5.74, 6) is -0.245. The Morgan fingerprint density at radius 2 is 1.75 bits per heavy atom. The number of benzene rings is 1. The summed E-state index contributed by atoms with van der Waals surface area (Å²) in [6.45, 7) is 7.71. The quantitative estimate of drug-likeness (QED) is 0.668. The minimum absolute atomic E-state index is 0. The smallest absolute Gasteiger partial charge is 0.224 e. The largest absolute Gasteiger partial charge is 0.356 e. The van der Waals surface area contributed by atoms with Gasteiger partial charge in [-0.25, -0.2) is 0 Å². The van der Waals surface area contributed by atoms with Crippen LogP contribution in [0.2, 0.25) is 0 Å². The van der Waals surface area contributed by atoms with E-state index in [4.69, 9.17) is 5.73 Å². The van der Waals surface area contributed by atoms with Crippen LogP contribution >= 0.6 is 12.4 Å². The van der Waals surface area contributed by atoms with Crippen molar-refractivity contribution in [2.24, 2.45) is 11.7 Å². The number of hydrogen-bond acceptors (Lipinski definition) is 3. The number of halogens is 1. The molecule has 0 aliphatic heterocycles. The van der Waals surface area contributed by atoms with Crippen LogP contribution in [0.15, 0.2) is 30.3 Å². The van der Waals surface area contributed by atoms with Crippen LogP contribution in [0.1, 0.15) is 45.2 Å². The van der Waals surface area contributed by atoms with Gasteiger partial charge in [-0.1, -0.05) is 37.3 Å². The Morgan fingerprint density at radius 1 is 1.17 bits per heavy atom. The predicted molar refractivity (Wildman–Crippen MR) is 100.0 cm³/mol. The minimum Gasteiger partial charge on any atom is -0.356 e. The van der Waals surface area contributed by atoms with Gasteiger partial charge in [0.05, 0.1) is 5.92 Å². The summed E-state index contributed by atoms with van der Waals surface area (Å²) < 4.78 is 0. The number of nitrogens with zero attached hydrogens (tertiary/aromatic N) is 1. The van der Waals surface area contributed by atoms with Crippen molar-refractivity contribution in [2.45, 2.75) is 39.7 Å². The van der Waals surface area contributed by atoms with Gasteiger partial charge in [0.15, 0.2) is 0 Å². The molecule has 0 aromatic heterocycles. The molecule has 2 amide bonds. The van der Waals surface area contributed by atoms with Crippen molar-refractivity contribution in [3.63, 3.8) is 0 Å². The van der Waals surface area contributed by atoms with E-state index >= 15 is 0 Å². The highest BCUT2D eigenvalue weighted by molar-refractivity contribution is 5.85. The molecule has 0 heterocycles. The van der Waals surface area contributed by atoms with Gasteiger partial charge in [-0.15, -0.1) is 12.4 Å². The number of amides is 2. The molecule has 0 saturated heterocycles. The zero-order valence-corrected chi connectivity index (χ0v) is 15.6. The van der Waals surface area contributed by atoms with Crippen molar-refractivity contribution < 1.29 is 9.59 Å². The number of rotatable bonds is 9. The summed E-state index contributed by atoms with van der Waals surface area (Å²) in [4.78, 5) is 25.8. The maximum absolute atomic E-state index is 12.2. The van der Waals surface area contributed by atoms with E-state index in [1.54, 1.807) is 4.90 Å². The van der Waals surface area contributed by atoms with Crippen LogP contribution in [0, 0.1) is 5.92 Å². The van der Waals surface area contributed by atoms with E-state index < -0.39 is 0 Å². The highest BCUT2D eigenvalue weighted by Gasteiger charge is 2.21. The van der Waals surface area contributed by atoms with Gasteiger partial charge in [0, 0.05) is 32.1 Å². The molecule has 1 aromatic carbocycles. The van der Waals surface area contributed by atoms with Crippen molar-refractivity contribution in [1.29, 1.82) is 0 Å². The van der Waals surface area contributed by atoms with E-state index in [2.05, 4.69) is 5.32 Å². The zero-order chi connectivity index (χ0) is 17.2. The number of nitrogens with one attached hydrogen (secondary N) is 1. The molecule has 0 radical (unpaired) electrons. The summed E-state index contributed by atoms with van der Waals surface area (Å²) in [6.07, 6.45) is 1.11. The Kier molecular flexibility index (Phi) is 11.1. The third-order valence-corrected chi connectivity index (χ3v) is 4.12. The van der Waals surface area contributed by atoms with Gasteiger partial charge in [-0.2, -0.15) is 0 Å². The average molecular weight is 356 g/mol. The van der Waals surface area contributed by atoms with Crippen LogP contribution in [0.4, 0.5) is 0 Å². The van der Waals surface area contributed by atoms with Gasteiger partial charge in [0.2, 0.25) is 11.8 Å². The molecule has 5 nitrogen and oxygen atoms in total. The molecule has 1 aromatic rings. The molecule has 0 bridgehead atoms. The van der Waals surface area contributed by atoms with E-state index in [-0.39, 0.29) is 36.2 Å². The maximum atomic E-state index is 12.2. The van der Waals surface area contributed by atoms with Crippen LogP contribution in [0.25, 0.3) is 0 Å². The van der Waals surface area contributed by atoms with Crippen LogP contribution in [0.5, 0.6) is 0 Å². The Morgan fingerprint density at radius 3 is 2.29 bits per heavy atom. The van der Waals surface area contributed by atoms with Crippen molar-refractivity contribution >= 4 is 24.2 Å².